The van der Waals surface area contributed by atoms with Gasteiger partial charge in [-0.15, -0.1) is 0 Å². The number of hydrogen-bond acceptors (Lipinski definition) is 4. The van der Waals surface area contributed by atoms with Crippen LogP contribution in [-0.4, -0.2) is 74.7 Å². The highest BCUT2D eigenvalue weighted by molar-refractivity contribution is 5.81. The Bertz CT molecular complexity index is 366. The lowest BCUT2D eigenvalue weighted by Gasteiger charge is -2.32. The van der Waals surface area contributed by atoms with Gasteiger partial charge in [-0.05, 0) is 47.3 Å². The van der Waals surface area contributed by atoms with Crippen molar-refractivity contribution in [3.05, 3.63) is 0 Å². The third-order valence-electron chi connectivity index (χ3n) is 4.07. The predicted octanol–water partition coefficient (Wildman–Crippen LogP) is 2.61. The summed E-state index contributed by atoms with van der Waals surface area (Å²) in [5.41, 5.74) is -0.592. The molecule has 1 amide bonds. The molecule has 0 rings (SSSR count). The van der Waals surface area contributed by atoms with Crippen LogP contribution in [0.4, 0.5) is 0 Å². The van der Waals surface area contributed by atoms with Gasteiger partial charge in [0.05, 0.1) is 5.60 Å². The maximum Gasteiger partial charge on any atom is 0.228 e. The zero-order valence-electron chi connectivity index (χ0n) is 17.5. The van der Waals surface area contributed by atoms with Gasteiger partial charge in [-0.2, -0.15) is 0 Å². The molecule has 0 bridgehead atoms. The summed E-state index contributed by atoms with van der Waals surface area (Å²) < 4.78 is 6.01. The monoisotopic (exact) mass is 343 g/mol. The van der Waals surface area contributed by atoms with Gasteiger partial charge < -0.3 is 19.9 Å². The van der Waals surface area contributed by atoms with Crippen molar-refractivity contribution in [2.75, 3.05) is 47.4 Å². The van der Waals surface area contributed by atoms with Gasteiger partial charge in [0.2, 0.25) is 5.91 Å². The Labute approximate surface area is 150 Å². The van der Waals surface area contributed by atoms with E-state index in [1.54, 1.807) is 0 Å². The Kier molecular flexibility index (Phi) is 10.1. The van der Waals surface area contributed by atoms with Crippen LogP contribution in [0.5, 0.6) is 0 Å². The highest BCUT2D eigenvalue weighted by Gasteiger charge is 2.31. The lowest BCUT2D eigenvalue weighted by atomic mass is 9.88. The molecule has 5 heteroatoms. The van der Waals surface area contributed by atoms with Crippen molar-refractivity contribution in [2.24, 2.45) is 5.41 Å². The minimum atomic E-state index is -0.394. The van der Waals surface area contributed by atoms with Crippen LogP contribution >= 0.6 is 0 Å². The van der Waals surface area contributed by atoms with Crippen LogP contribution in [-0.2, 0) is 9.53 Å². The van der Waals surface area contributed by atoms with E-state index in [0.717, 1.165) is 32.5 Å². The molecule has 0 saturated carbocycles. The van der Waals surface area contributed by atoms with E-state index >= 15 is 0 Å². The molecule has 0 radical (unpaired) electrons. The first-order chi connectivity index (χ1) is 10.9. The number of amides is 1. The normalized spacial score (nSPS) is 13.0. The molecule has 0 aliphatic rings. The SMILES string of the molecule is CC(C)NCCCN(C)C(=O)C(C)(C)CCOC(C)(C)CN(C)C. The second-order valence-corrected chi connectivity index (χ2v) is 8.67. The average molecular weight is 344 g/mol. The third-order valence-corrected chi connectivity index (χ3v) is 4.07. The molecule has 0 aliphatic carbocycles. The Hall–Kier alpha value is -0.650. The van der Waals surface area contributed by atoms with Crippen LogP contribution in [0.2, 0.25) is 0 Å². The van der Waals surface area contributed by atoms with E-state index in [4.69, 9.17) is 4.74 Å². The minimum Gasteiger partial charge on any atom is -0.374 e. The standard InChI is InChI=1S/C19H41N3O2/c1-16(2)20-12-10-13-22(9)17(23)18(3,4)11-14-24-19(5,6)15-21(7)8/h16,20H,10-15H2,1-9H3. The first kappa shape index (κ1) is 23.4. The molecule has 0 heterocycles. The van der Waals surface area contributed by atoms with Crippen LogP contribution in [0.1, 0.15) is 54.4 Å². The average Bonchev–Trinajstić information content (AvgIpc) is 2.40. The van der Waals surface area contributed by atoms with Gasteiger partial charge in [-0.3, -0.25) is 4.79 Å². The molecule has 0 aromatic carbocycles. The molecule has 5 nitrogen and oxygen atoms in total. The molecule has 0 aromatic rings. The summed E-state index contributed by atoms with van der Waals surface area (Å²) in [6.07, 6.45) is 1.71. The van der Waals surface area contributed by atoms with Crippen LogP contribution in [0.15, 0.2) is 0 Å². The van der Waals surface area contributed by atoms with Gasteiger partial charge in [0.25, 0.3) is 0 Å². The lowest BCUT2D eigenvalue weighted by molar-refractivity contribution is -0.141. The number of carbonyl (C=O) groups is 1. The van der Waals surface area contributed by atoms with Gasteiger partial charge in [0, 0.05) is 38.2 Å². The van der Waals surface area contributed by atoms with Gasteiger partial charge >= 0.3 is 0 Å². The Morgan fingerprint density at radius 2 is 1.71 bits per heavy atom. The van der Waals surface area contributed by atoms with E-state index in [2.05, 4.69) is 37.9 Å². The summed E-state index contributed by atoms with van der Waals surface area (Å²) in [6, 6.07) is 0.491. The molecular formula is C19H41N3O2. The maximum atomic E-state index is 12.7. The van der Waals surface area contributed by atoms with Crippen molar-refractivity contribution in [3.8, 4) is 0 Å². The summed E-state index contributed by atoms with van der Waals surface area (Å²) >= 11 is 0. The van der Waals surface area contributed by atoms with Gasteiger partial charge in [-0.25, -0.2) is 0 Å². The second-order valence-electron chi connectivity index (χ2n) is 8.67. The topological polar surface area (TPSA) is 44.8 Å². The third kappa shape index (κ3) is 10.3. The first-order valence-electron chi connectivity index (χ1n) is 9.15. The summed E-state index contributed by atoms with van der Waals surface area (Å²) in [7, 11) is 5.99. The van der Waals surface area contributed by atoms with Crippen LogP contribution < -0.4 is 5.32 Å². The molecule has 0 spiro atoms. The van der Waals surface area contributed by atoms with Crippen molar-refractivity contribution in [1.82, 2.24) is 15.1 Å². The summed E-state index contributed by atoms with van der Waals surface area (Å²) in [4.78, 5) is 16.6. The molecule has 0 unspecified atom stereocenters. The van der Waals surface area contributed by atoms with E-state index < -0.39 is 5.41 Å². The number of carbonyl (C=O) groups excluding carboxylic acids is 1. The molecule has 0 saturated heterocycles. The van der Waals surface area contributed by atoms with Crippen LogP contribution in [0.3, 0.4) is 0 Å². The van der Waals surface area contributed by atoms with Crippen molar-refractivity contribution >= 4 is 5.91 Å². The molecule has 0 aliphatic heterocycles. The zero-order chi connectivity index (χ0) is 19.0. The van der Waals surface area contributed by atoms with Crippen molar-refractivity contribution in [1.29, 1.82) is 0 Å². The molecule has 0 aromatic heterocycles. The van der Waals surface area contributed by atoms with E-state index in [0.29, 0.717) is 12.6 Å². The number of nitrogens with one attached hydrogen (secondary N) is 1. The molecule has 144 valence electrons. The van der Waals surface area contributed by atoms with Gasteiger partial charge in [0.1, 0.15) is 0 Å². The molecule has 0 fully saturated rings. The van der Waals surface area contributed by atoms with Crippen molar-refractivity contribution < 1.29 is 9.53 Å². The zero-order valence-corrected chi connectivity index (χ0v) is 17.5. The molecular weight excluding hydrogens is 302 g/mol. The fraction of sp³-hybridized carbons (Fsp3) is 0.947. The van der Waals surface area contributed by atoms with Crippen molar-refractivity contribution in [3.63, 3.8) is 0 Å². The van der Waals surface area contributed by atoms with Crippen LogP contribution in [0, 0.1) is 5.41 Å². The number of rotatable bonds is 12. The smallest absolute Gasteiger partial charge is 0.228 e. The molecule has 24 heavy (non-hydrogen) atoms. The Morgan fingerprint density at radius 3 is 2.21 bits per heavy atom. The highest BCUT2D eigenvalue weighted by atomic mass is 16.5. The van der Waals surface area contributed by atoms with Crippen molar-refractivity contribution in [2.45, 2.75) is 66.0 Å². The largest absolute Gasteiger partial charge is 0.374 e. The Morgan fingerprint density at radius 1 is 1.12 bits per heavy atom. The van der Waals surface area contributed by atoms with E-state index in [1.165, 1.54) is 0 Å². The number of nitrogens with zero attached hydrogens (tertiary/aromatic N) is 2. The number of hydrogen-bond donors (Lipinski definition) is 1. The fourth-order valence-electron chi connectivity index (χ4n) is 2.82. The second kappa shape index (κ2) is 10.4. The molecule has 0 atom stereocenters. The minimum absolute atomic E-state index is 0.195. The predicted molar refractivity (Wildman–Crippen MR) is 102 cm³/mol. The van der Waals surface area contributed by atoms with E-state index in [9.17, 15) is 4.79 Å². The number of likely N-dealkylation sites (N-methyl/N-ethyl adjacent to an activating group) is 1. The first-order valence-corrected chi connectivity index (χ1v) is 9.15. The quantitative estimate of drug-likeness (QED) is 0.553. The fourth-order valence-corrected chi connectivity index (χ4v) is 2.82. The highest BCUT2D eigenvalue weighted by Crippen LogP contribution is 2.24. The number of ether oxygens (including phenoxy) is 1. The van der Waals surface area contributed by atoms with Gasteiger partial charge in [-0.1, -0.05) is 27.7 Å². The van der Waals surface area contributed by atoms with Gasteiger partial charge in [0.15, 0.2) is 0 Å². The summed E-state index contributed by atoms with van der Waals surface area (Å²) in [5.74, 6) is 0.195. The lowest BCUT2D eigenvalue weighted by Crippen LogP contribution is -2.42. The van der Waals surface area contributed by atoms with E-state index in [1.807, 2.05) is 39.9 Å². The maximum absolute atomic E-state index is 12.7. The van der Waals surface area contributed by atoms with Crippen LogP contribution in [0.25, 0.3) is 0 Å². The van der Waals surface area contributed by atoms with E-state index in [-0.39, 0.29) is 11.5 Å². The molecule has 1 N–H and O–H groups in total. The Balaban J connectivity index is 4.26. The summed E-state index contributed by atoms with van der Waals surface area (Å²) in [6.45, 7) is 15.7. The summed E-state index contributed by atoms with van der Waals surface area (Å²) in [5, 5.41) is 3.38.